The van der Waals surface area contributed by atoms with Crippen LogP contribution in [0.4, 0.5) is 11.4 Å². The van der Waals surface area contributed by atoms with Gasteiger partial charge in [-0.25, -0.2) is 0 Å². The van der Waals surface area contributed by atoms with Gasteiger partial charge in [0, 0.05) is 28.9 Å². The molecule has 172 valence electrons. The van der Waals surface area contributed by atoms with Crippen molar-refractivity contribution < 1.29 is 14.3 Å². The molecule has 0 fully saturated rings. The number of hydrogen-bond acceptors (Lipinski definition) is 4. The first kappa shape index (κ1) is 23.9. The van der Waals surface area contributed by atoms with Crippen molar-refractivity contribution in [1.82, 2.24) is 5.32 Å². The molecule has 0 heterocycles. The summed E-state index contributed by atoms with van der Waals surface area (Å²) in [6.07, 6.45) is 0.850. The predicted octanol–water partition coefficient (Wildman–Crippen LogP) is 4.89. The number of hydrogen-bond donors (Lipinski definition) is 3. The molecule has 0 saturated heterocycles. The molecule has 33 heavy (non-hydrogen) atoms. The third kappa shape index (κ3) is 8.33. The fourth-order valence-electron chi connectivity index (χ4n) is 3.11. The second-order valence-corrected chi connectivity index (χ2v) is 8.79. The monoisotopic (exact) mass is 445 g/mol. The van der Waals surface area contributed by atoms with Gasteiger partial charge in [-0.1, -0.05) is 30.3 Å². The van der Waals surface area contributed by atoms with Crippen LogP contribution in [0.3, 0.4) is 0 Å². The zero-order chi connectivity index (χ0) is 23.7. The fourth-order valence-corrected chi connectivity index (χ4v) is 3.11. The largest absolute Gasteiger partial charge is 0.493 e. The number of ether oxygens (including phenoxy) is 1. The van der Waals surface area contributed by atoms with E-state index in [9.17, 15) is 9.59 Å². The Morgan fingerprint density at radius 1 is 0.818 bits per heavy atom. The van der Waals surface area contributed by atoms with Crippen molar-refractivity contribution in [3.05, 3.63) is 90.0 Å². The van der Waals surface area contributed by atoms with E-state index >= 15 is 0 Å². The molecule has 3 aromatic carbocycles. The van der Waals surface area contributed by atoms with E-state index in [1.54, 1.807) is 24.3 Å². The number of benzene rings is 3. The highest BCUT2D eigenvalue weighted by Crippen LogP contribution is 2.16. The number of rotatable bonds is 9. The Balaban J connectivity index is 1.40. The average molecular weight is 446 g/mol. The lowest BCUT2D eigenvalue weighted by atomic mass is 10.1. The Hall–Kier alpha value is -3.80. The Labute approximate surface area is 195 Å². The lowest BCUT2D eigenvalue weighted by Gasteiger charge is -2.20. The van der Waals surface area contributed by atoms with E-state index < -0.39 is 0 Å². The van der Waals surface area contributed by atoms with Crippen molar-refractivity contribution in [2.45, 2.75) is 32.7 Å². The van der Waals surface area contributed by atoms with Crippen LogP contribution in [0.1, 0.15) is 36.7 Å². The minimum Gasteiger partial charge on any atom is -0.493 e. The predicted molar refractivity (Wildman–Crippen MR) is 133 cm³/mol. The van der Waals surface area contributed by atoms with Crippen molar-refractivity contribution in [3.8, 4) is 5.75 Å². The van der Waals surface area contributed by atoms with E-state index in [1.165, 1.54) is 5.56 Å². The van der Waals surface area contributed by atoms with Gasteiger partial charge in [0.2, 0.25) is 5.91 Å². The van der Waals surface area contributed by atoms with Crippen LogP contribution in [-0.2, 0) is 11.2 Å². The van der Waals surface area contributed by atoms with E-state index in [0.717, 1.165) is 17.9 Å². The molecule has 3 aromatic rings. The van der Waals surface area contributed by atoms with Crippen LogP contribution in [0.15, 0.2) is 78.9 Å². The topological polar surface area (TPSA) is 79.5 Å². The Kier molecular flexibility index (Phi) is 8.08. The number of anilines is 2. The molecule has 0 saturated carbocycles. The van der Waals surface area contributed by atoms with Crippen LogP contribution in [0.5, 0.6) is 5.75 Å². The molecule has 0 atom stereocenters. The highest BCUT2D eigenvalue weighted by molar-refractivity contribution is 5.97. The van der Waals surface area contributed by atoms with E-state index in [-0.39, 0.29) is 23.9 Å². The van der Waals surface area contributed by atoms with Crippen molar-refractivity contribution in [1.29, 1.82) is 0 Å². The summed E-state index contributed by atoms with van der Waals surface area (Å²) >= 11 is 0. The summed E-state index contributed by atoms with van der Waals surface area (Å²) in [6.45, 7) is 6.52. The normalized spacial score (nSPS) is 10.9. The minimum atomic E-state index is -0.303. The highest BCUT2D eigenvalue weighted by Gasteiger charge is 2.15. The van der Waals surface area contributed by atoms with Crippen LogP contribution >= 0.6 is 0 Å². The number of nitrogens with one attached hydrogen (secondary N) is 3. The fraction of sp³-hybridized carbons (Fsp3) is 0.259. The van der Waals surface area contributed by atoms with E-state index in [1.807, 2.05) is 63.2 Å². The molecular formula is C27H31N3O3. The van der Waals surface area contributed by atoms with Gasteiger partial charge in [0.1, 0.15) is 5.75 Å². The Morgan fingerprint density at radius 3 is 2.09 bits per heavy atom. The first-order chi connectivity index (χ1) is 15.8. The maximum absolute atomic E-state index is 12.3. The van der Waals surface area contributed by atoms with Gasteiger partial charge in [-0.15, -0.1) is 0 Å². The van der Waals surface area contributed by atoms with Gasteiger partial charge in [0.25, 0.3) is 5.91 Å². The van der Waals surface area contributed by atoms with Gasteiger partial charge in [-0.05, 0) is 74.9 Å². The first-order valence-electron chi connectivity index (χ1n) is 11.0. The number of carbonyl (C=O) groups is 2. The van der Waals surface area contributed by atoms with Crippen molar-refractivity contribution in [2.24, 2.45) is 0 Å². The molecule has 2 amide bonds. The number of amides is 2. The lowest BCUT2D eigenvalue weighted by Crippen LogP contribution is -2.40. The van der Waals surface area contributed by atoms with Crippen LogP contribution in [0.2, 0.25) is 0 Å². The van der Waals surface area contributed by atoms with Gasteiger partial charge in [0.05, 0.1) is 13.2 Å². The van der Waals surface area contributed by atoms with Gasteiger partial charge in [-0.2, -0.15) is 0 Å². The molecule has 0 spiro atoms. The highest BCUT2D eigenvalue weighted by atomic mass is 16.5. The Bertz CT molecular complexity index is 1040. The molecular weight excluding hydrogens is 414 g/mol. The van der Waals surface area contributed by atoms with Crippen LogP contribution < -0.4 is 20.7 Å². The lowest BCUT2D eigenvalue weighted by molar-refractivity contribution is -0.114. The molecule has 0 aliphatic carbocycles. The van der Waals surface area contributed by atoms with Crippen LogP contribution in [-0.4, -0.2) is 30.5 Å². The van der Waals surface area contributed by atoms with Crippen molar-refractivity contribution in [2.75, 3.05) is 23.8 Å². The molecule has 3 N–H and O–H groups in total. The van der Waals surface area contributed by atoms with Gasteiger partial charge < -0.3 is 20.7 Å². The Morgan fingerprint density at radius 2 is 1.45 bits per heavy atom. The van der Waals surface area contributed by atoms with E-state index in [4.69, 9.17) is 4.74 Å². The zero-order valence-corrected chi connectivity index (χ0v) is 19.4. The maximum atomic E-state index is 12.3. The van der Waals surface area contributed by atoms with E-state index in [0.29, 0.717) is 17.9 Å². The molecule has 0 bridgehead atoms. The van der Waals surface area contributed by atoms with Gasteiger partial charge in [-0.3, -0.25) is 9.59 Å². The molecule has 6 nitrogen and oxygen atoms in total. The molecule has 3 rings (SSSR count). The summed E-state index contributed by atoms with van der Waals surface area (Å²) in [5.41, 5.74) is 2.95. The first-order valence-corrected chi connectivity index (χ1v) is 11.0. The molecule has 0 aliphatic heterocycles. The summed E-state index contributed by atoms with van der Waals surface area (Å²) in [5.74, 6) is 0.469. The van der Waals surface area contributed by atoms with Crippen LogP contribution in [0, 0.1) is 0 Å². The number of carbonyl (C=O) groups excluding carboxylic acids is 2. The van der Waals surface area contributed by atoms with Crippen molar-refractivity contribution in [3.63, 3.8) is 0 Å². The SMILES string of the molecule is CC(C)(C)NC(=O)c1ccc(NC(=O)CNc2ccc(OCCc3ccccc3)cc2)cc1. The average Bonchev–Trinajstić information content (AvgIpc) is 2.78. The standard InChI is InChI=1S/C27H31N3O3/c1-27(2,3)30-26(32)21-9-11-23(12-10-21)29-25(31)19-28-22-13-15-24(16-14-22)33-18-17-20-7-5-4-6-8-20/h4-16,28H,17-19H2,1-3H3,(H,29,31)(H,30,32). The van der Waals surface area contributed by atoms with Gasteiger partial charge in [0.15, 0.2) is 0 Å². The molecule has 0 aromatic heterocycles. The zero-order valence-electron chi connectivity index (χ0n) is 19.4. The van der Waals surface area contributed by atoms with Crippen molar-refractivity contribution >= 4 is 23.2 Å². The summed E-state index contributed by atoms with van der Waals surface area (Å²) in [5, 5.41) is 8.83. The quantitative estimate of drug-likeness (QED) is 0.438. The summed E-state index contributed by atoms with van der Waals surface area (Å²) < 4.78 is 5.79. The third-order valence-electron chi connectivity index (χ3n) is 4.73. The second-order valence-electron chi connectivity index (χ2n) is 8.79. The third-order valence-corrected chi connectivity index (χ3v) is 4.73. The molecule has 0 unspecified atom stereocenters. The summed E-state index contributed by atoms with van der Waals surface area (Å²) in [6, 6.07) is 24.6. The minimum absolute atomic E-state index is 0.125. The van der Waals surface area contributed by atoms with Gasteiger partial charge >= 0.3 is 0 Å². The second kappa shape index (κ2) is 11.2. The van der Waals surface area contributed by atoms with E-state index in [2.05, 4.69) is 28.1 Å². The molecule has 0 aliphatic rings. The summed E-state index contributed by atoms with van der Waals surface area (Å²) in [7, 11) is 0. The van der Waals surface area contributed by atoms with Crippen LogP contribution in [0.25, 0.3) is 0 Å². The molecule has 0 radical (unpaired) electrons. The summed E-state index contributed by atoms with van der Waals surface area (Å²) in [4.78, 5) is 24.4. The smallest absolute Gasteiger partial charge is 0.251 e. The maximum Gasteiger partial charge on any atom is 0.251 e. The molecule has 6 heteroatoms.